The van der Waals surface area contributed by atoms with Crippen molar-refractivity contribution in [1.82, 2.24) is 19.9 Å². The first-order valence-corrected chi connectivity index (χ1v) is 5.65. The van der Waals surface area contributed by atoms with Gasteiger partial charge in [-0.25, -0.2) is 19.7 Å². The molecule has 0 bridgehead atoms. The second kappa shape index (κ2) is 5.02. The third kappa shape index (κ3) is 3.12. The van der Waals surface area contributed by atoms with Crippen molar-refractivity contribution in [2.75, 3.05) is 5.32 Å². The Morgan fingerprint density at radius 2 is 2.25 bits per heavy atom. The molecule has 2 N–H and O–H groups in total. The molecule has 0 saturated heterocycles. The zero-order valence-electron chi connectivity index (χ0n) is 11.1. The second-order valence-electron chi connectivity index (χ2n) is 4.79. The van der Waals surface area contributed by atoms with Crippen LogP contribution < -0.4 is 5.32 Å². The SMILES string of the molecule is CC(C)(C)OC(=O)Nc1nc(N=[N+]=[N-])nc2nc[nH]c12. The van der Waals surface area contributed by atoms with Crippen LogP contribution in [0.5, 0.6) is 0 Å². The number of aromatic nitrogens is 4. The van der Waals surface area contributed by atoms with Crippen molar-refractivity contribution in [3.63, 3.8) is 0 Å². The Labute approximate surface area is 113 Å². The van der Waals surface area contributed by atoms with Crippen LogP contribution in [0, 0.1) is 0 Å². The molecule has 1 amide bonds. The van der Waals surface area contributed by atoms with E-state index >= 15 is 0 Å². The van der Waals surface area contributed by atoms with Crippen LogP contribution in [0.25, 0.3) is 21.6 Å². The lowest BCUT2D eigenvalue weighted by molar-refractivity contribution is 0.0635. The first-order valence-electron chi connectivity index (χ1n) is 5.65. The molecule has 20 heavy (non-hydrogen) atoms. The summed E-state index contributed by atoms with van der Waals surface area (Å²) in [6.07, 6.45) is 0.707. The van der Waals surface area contributed by atoms with Crippen LogP contribution in [0.15, 0.2) is 11.4 Å². The van der Waals surface area contributed by atoms with Crippen molar-refractivity contribution >= 4 is 29.0 Å². The average molecular weight is 276 g/mol. The molecule has 104 valence electrons. The fourth-order valence-electron chi connectivity index (χ4n) is 1.40. The highest BCUT2D eigenvalue weighted by Gasteiger charge is 2.18. The van der Waals surface area contributed by atoms with Gasteiger partial charge in [0.05, 0.1) is 6.33 Å². The van der Waals surface area contributed by atoms with Crippen LogP contribution >= 0.6 is 0 Å². The maximum atomic E-state index is 11.7. The van der Waals surface area contributed by atoms with E-state index in [1.54, 1.807) is 20.8 Å². The van der Waals surface area contributed by atoms with Gasteiger partial charge < -0.3 is 9.72 Å². The minimum absolute atomic E-state index is 0.129. The number of rotatable bonds is 2. The highest BCUT2D eigenvalue weighted by molar-refractivity contribution is 5.93. The summed E-state index contributed by atoms with van der Waals surface area (Å²) in [6, 6.07) is 0. The number of aromatic amines is 1. The summed E-state index contributed by atoms with van der Waals surface area (Å²) in [5.74, 6) is -0.0118. The van der Waals surface area contributed by atoms with Crippen molar-refractivity contribution in [2.24, 2.45) is 5.11 Å². The average Bonchev–Trinajstić information content (AvgIpc) is 2.74. The Morgan fingerprint density at radius 1 is 1.50 bits per heavy atom. The van der Waals surface area contributed by atoms with Gasteiger partial charge in [-0.2, -0.15) is 0 Å². The van der Waals surface area contributed by atoms with Gasteiger partial charge in [-0.1, -0.05) is 0 Å². The van der Waals surface area contributed by atoms with Gasteiger partial charge in [-0.3, -0.25) is 5.32 Å². The smallest absolute Gasteiger partial charge is 0.413 e. The van der Waals surface area contributed by atoms with E-state index in [2.05, 4.69) is 35.3 Å². The van der Waals surface area contributed by atoms with E-state index in [0.29, 0.717) is 5.52 Å². The predicted octanol–water partition coefficient (Wildman–Crippen LogP) is 2.64. The number of hydrogen-bond donors (Lipinski definition) is 2. The number of nitrogens with zero attached hydrogens (tertiary/aromatic N) is 6. The maximum absolute atomic E-state index is 11.7. The van der Waals surface area contributed by atoms with Crippen LogP contribution in [-0.4, -0.2) is 31.6 Å². The number of ether oxygens (including phenoxy) is 1. The first kappa shape index (κ1) is 13.6. The zero-order chi connectivity index (χ0) is 14.8. The minimum Gasteiger partial charge on any atom is -0.444 e. The number of anilines is 1. The van der Waals surface area contributed by atoms with Gasteiger partial charge in [0.2, 0.25) is 5.95 Å². The van der Waals surface area contributed by atoms with Crippen LogP contribution in [-0.2, 0) is 4.74 Å². The first-order chi connectivity index (χ1) is 9.39. The Bertz CT molecular complexity index is 695. The largest absolute Gasteiger partial charge is 0.444 e. The Hall–Kier alpha value is -2.87. The quantitative estimate of drug-likeness (QED) is 0.492. The van der Waals surface area contributed by atoms with Crippen molar-refractivity contribution in [3.05, 3.63) is 16.8 Å². The van der Waals surface area contributed by atoms with Gasteiger partial charge >= 0.3 is 6.09 Å². The maximum Gasteiger partial charge on any atom is 0.413 e. The number of azide groups is 1. The number of carbonyl (C=O) groups excluding carboxylic acids is 1. The van der Waals surface area contributed by atoms with Gasteiger partial charge in [0, 0.05) is 4.91 Å². The molecule has 0 aliphatic carbocycles. The number of nitrogens with one attached hydrogen (secondary N) is 2. The molecule has 2 aromatic heterocycles. The summed E-state index contributed by atoms with van der Waals surface area (Å²) < 4.78 is 5.12. The van der Waals surface area contributed by atoms with Crippen molar-refractivity contribution in [2.45, 2.75) is 26.4 Å². The molecule has 0 spiro atoms. The Kier molecular flexibility index (Phi) is 3.40. The zero-order valence-corrected chi connectivity index (χ0v) is 11.1. The fourth-order valence-corrected chi connectivity index (χ4v) is 1.40. The monoisotopic (exact) mass is 276 g/mol. The van der Waals surface area contributed by atoms with Gasteiger partial charge in [-0.15, -0.1) is 0 Å². The highest BCUT2D eigenvalue weighted by atomic mass is 16.6. The fraction of sp³-hybridized carbons (Fsp3) is 0.400. The Balaban J connectivity index is 2.35. The molecule has 0 unspecified atom stereocenters. The van der Waals surface area contributed by atoms with Gasteiger partial charge in [0.1, 0.15) is 11.1 Å². The lowest BCUT2D eigenvalue weighted by atomic mass is 10.2. The number of hydrogen-bond acceptors (Lipinski definition) is 6. The van der Waals surface area contributed by atoms with E-state index < -0.39 is 11.7 Å². The molecule has 0 fully saturated rings. The molecule has 10 heteroatoms. The number of carbonyl (C=O) groups is 1. The van der Waals surface area contributed by atoms with Crippen molar-refractivity contribution < 1.29 is 9.53 Å². The number of H-pyrrole nitrogens is 1. The van der Waals surface area contributed by atoms with E-state index in [1.165, 1.54) is 6.33 Å². The van der Waals surface area contributed by atoms with E-state index in [4.69, 9.17) is 10.3 Å². The number of fused-ring (bicyclic) bond motifs is 1. The van der Waals surface area contributed by atoms with Gasteiger partial charge in [-0.05, 0) is 31.4 Å². The summed E-state index contributed by atoms with van der Waals surface area (Å²) in [6.45, 7) is 5.22. The predicted molar refractivity (Wildman–Crippen MR) is 70.3 cm³/mol. The molecule has 0 aliphatic heterocycles. The van der Waals surface area contributed by atoms with E-state index in [-0.39, 0.29) is 17.4 Å². The topological polar surface area (TPSA) is 142 Å². The molecule has 0 saturated carbocycles. The van der Waals surface area contributed by atoms with Crippen LogP contribution in [0.4, 0.5) is 16.6 Å². The standard InChI is InChI=1S/C10H12N8O2/c1-10(2,3)20-9(19)16-7-5-6(13-4-12-5)14-8(15-7)17-18-11/h4H,1-3H3,(H2,12,13,14,15,16,19). The summed E-state index contributed by atoms with van der Waals surface area (Å²) in [5, 5.41) is 5.75. The lowest BCUT2D eigenvalue weighted by Crippen LogP contribution is -2.27. The van der Waals surface area contributed by atoms with E-state index in [0.717, 1.165) is 0 Å². The van der Waals surface area contributed by atoms with Crippen LogP contribution in [0.2, 0.25) is 0 Å². The number of imidazole rings is 1. The molecule has 0 aromatic carbocycles. The molecule has 0 radical (unpaired) electrons. The molecule has 2 aromatic rings. The lowest BCUT2D eigenvalue weighted by Gasteiger charge is -2.19. The van der Waals surface area contributed by atoms with Crippen molar-refractivity contribution in [3.8, 4) is 0 Å². The third-order valence-corrected chi connectivity index (χ3v) is 2.03. The van der Waals surface area contributed by atoms with Gasteiger partial charge in [0.15, 0.2) is 11.5 Å². The van der Waals surface area contributed by atoms with E-state index in [1.807, 2.05) is 0 Å². The second-order valence-corrected chi connectivity index (χ2v) is 4.79. The van der Waals surface area contributed by atoms with E-state index in [9.17, 15) is 4.79 Å². The molecule has 2 heterocycles. The summed E-state index contributed by atoms with van der Waals surface area (Å²) in [4.78, 5) is 28.9. The van der Waals surface area contributed by atoms with Gasteiger partial charge in [0.25, 0.3) is 0 Å². The molecular formula is C10H12N8O2. The van der Waals surface area contributed by atoms with Crippen LogP contribution in [0.1, 0.15) is 20.8 Å². The molecular weight excluding hydrogens is 264 g/mol. The van der Waals surface area contributed by atoms with Crippen LogP contribution in [0.3, 0.4) is 0 Å². The minimum atomic E-state index is -0.681. The third-order valence-electron chi connectivity index (χ3n) is 2.03. The summed E-state index contributed by atoms with van der Waals surface area (Å²) in [5.41, 5.74) is 8.45. The summed E-state index contributed by atoms with van der Waals surface area (Å²) >= 11 is 0. The Morgan fingerprint density at radius 3 is 2.90 bits per heavy atom. The summed E-state index contributed by atoms with van der Waals surface area (Å²) in [7, 11) is 0. The molecule has 0 atom stereocenters. The number of amides is 1. The highest BCUT2D eigenvalue weighted by Crippen LogP contribution is 2.20. The molecule has 2 rings (SSSR count). The molecule has 0 aliphatic rings. The van der Waals surface area contributed by atoms with Crippen molar-refractivity contribution in [1.29, 1.82) is 0 Å². The molecule has 10 nitrogen and oxygen atoms in total. The normalized spacial score (nSPS) is 10.9.